The second-order valence-corrected chi connectivity index (χ2v) is 8.07. The number of nitrogens with zero attached hydrogens (tertiary/aromatic N) is 1. The Morgan fingerprint density at radius 1 is 1.46 bits per heavy atom. The van der Waals surface area contributed by atoms with Crippen molar-refractivity contribution in [1.29, 1.82) is 0 Å². The quantitative estimate of drug-likeness (QED) is 0.585. The molecule has 3 N–H and O–H groups in total. The SMILES string of the molecule is CC1CCCCC1(CN)NS(=O)(=O)c1ccc(Cl)cc1[N+](=O)[O-].Cl. The first kappa shape index (κ1) is 21.1. The van der Waals surface area contributed by atoms with Gasteiger partial charge in [0.25, 0.3) is 5.69 Å². The van der Waals surface area contributed by atoms with Crippen LogP contribution in [-0.4, -0.2) is 25.4 Å². The molecule has 0 spiro atoms. The van der Waals surface area contributed by atoms with Gasteiger partial charge in [-0.2, -0.15) is 0 Å². The molecule has 1 aromatic rings. The summed E-state index contributed by atoms with van der Waals surface area (Å²) in [6.45, 7) is 2.10. The summed E-state index contributed by atoms with van der Waals surface area (Å²) < 4.78 is 28.1. The number of nitro groups is 1. The molecule has 1 aromatic carbocycles. The lowest BCUT2D eigenvalue weighted by Gasteiger charge is -2.42. The van der Waals surface area contributed by atoms with E-state index in [1.54, 1.807) is 0 Å². The Kier molecular flexibility index (Phi) is 7.01. The third-order valence-corrected chi connectivity index (χ3v) is 6.40. The lowest BCUT2D eigenvalue weighted by molar-refractivity contribution is -0.387. The molecule has 1 aliphatic rings. The zero-order valence-corrected chi connectivity index (χ0v) is 15.6. The molecule has 0 amide bonds. The average molecular weight is 398 g/mol. The number of nitrogens with two attached hydrogens (primary N) is 1. The molecule has 1 saturated carbocycles. The van der Waals surface area contributed by atoms with E-state index in [2.05, 4.69) is 4.72 Å². The van der Waals surface area contributed by atoms with Gasteiger partial charge in [0, 0.05) is 23.2 Å². The average Bonchev–Trinajstić information content (AvgIpc) is 2.49. The molecule has 2 atom stereocenters. The molecule has 2 unspecified atom stereocenters. The molecule has 7 nitrogen and oxygen atoms in total. The molecule has 136 valence electrons. The Balaban J connectivity index is 0.00000288. The Bertz CT molecular complexity index is 714. The van der Waals surface area contributed by atoms with Gasteiger partial charge in [-0.15, -0.1) is 12.4 Å². The minimum atomic E-state index is -4.09. The molecule has 1 aliphatic carbocycles. The highest BCUT2D eigenvalue weighted by Gasteiger charge is 2.42. The van der Waals surface area contributed by atoms with Crippen LogP contribution in [0.15, 0.2) is 23.1 Å². The van der Waals surface area contributed by atoms with Crippen molar-refractivity contribution in [2.45, 2.75) is 43.0 Å². The second-order valence-electron chi connectivity index (χ2n) is 5.98. The Hall–Kier alpha value is -0.930. The number of nitro benzene ring substituents is 1. The summed E-state index contributed by atoms with van der Waals surface area (Å²) in [5, 5.41) is 11.3. The monoisotopic (exact) mass is 397 g/mol. The van der Waals surface area contributed by atoms with Crippen LogP contribution in [0.5, 0.6) is 0 Å². The number of nitrogens with one attached hydrogen (secondary N) is 1. The predicted octanol–water partition coefficient (Wildman–Crippen LogP) is 2.86. The van der Waals surface area contributed by atoms with E-state index < -0.39 is 31.1 Å². The molecule has 0 bridgehead atoms. The van der Waals surface area contributed by atoms with Gasteiger partial charge in [-0.05, 0) is 30.9 Å². The molecule has 0 aromatic heterocycles. The van der Waals surface area contributed by atoms with Crippen LogP contribution in [0.4, 0.5) is 5.69 Å². The normalized spacial score (nSPS) is 24.2. The minimum Gasteiger partial charge on any atom is -0.329 e. The van der Waals surface area contributed by atoms with E-state index in [-0.39, 0.29) is 29.9 Å². The number of benzene rings is 1. The van der Waals surface area contributed by atoms with Crippen LogP contribution in [0.2, 0.25) is 5.02 Å². The maximum Gasteiger partial charge on any atom is 0.290 e. The number of sulfonamides is 1. The highest BCUT2D eigenvalue weighted by atomic mass is 35.5. The van der Waals surface area contributed by atoms with Crippen LogP contribution in [0.1, 0.15) is 32.6 Å². The van der Waals surface area contributed by atoms with Crippen LogP contribution >= 0.6 is 24.0 Å². The van der Waals surface area contributed by atoms with Gasteiger partial charge in [0.1, 0.15) is 0 Å². The van der Waals surface area contributed by atoms with Crippen LogP contribution in [0.3, 0.4) is 0 Å². The lowest BCUT2D eigenvalue weighted by Crippen LogP contribution is -2.58. The van der Waals surface area contributed by atoms with Crippen molar-refractivity contribution in [1.82, 2.24) is 4.72 Å². The smallest absolute Gasteiger partial charge is 0.290 e. The van der Waals surface area contributed by atoms with Crippen LogP contribution in [-0.2, 0) is 10.0 Å². The first-order valence-electron chi connectivity index (χ1n) is 7.40. The summed E-state index contributed by atoms with van der Waals surface area (Å²) in [6.07, 6.45) is 3.37. The number of hydrogen-bond acceptors (Lipinski definition) is 5. The fourth-order valence-electron chi connectivity index (χ4n) is 3.09. The standard InChI is InChI=1S/C14H20ClN3O4S.ClH/c1-10-4-2-3-7-14(10,9-16)17-23(21,22)13-6-5-11(15)8-12(13)18(19)20;/h5-6,8,10,17H,2-4,7,9,16H2,1H3;1H. The first-order valence-corrected chi connectivity index (χ1v) is 9.26. The molecule has 0 aliphatic heterocycles. The lowest BCUT2D eigenvalue weighted by atomic mass is 9.74. The van der Waals surface area contributed by atoms with Gasteiger partial charge in [-0.25, -0.2) is 13.1 Å². The summed E-state index contributed by atoms with van der Waals surface area (Å²) >= 11 is 5.74. The molecule has 0 radical (unpaired) electrons. The summed E-state index contributed by atoms with van der Waals surface area (Å²) in [5.41, 5.74) is 4.54. The van der Waals surface area contributed by atoms with Gasteiger partial charge in [-0.1, -0.05) is 31.4 Å². The Labute approximate surface area is 152 Å². The summed E-state index contributed by atoms with van der Waals surface area (Å²) in [4.78, 5) is 10.0. The number of rotatable bonds is 5. The summed E-state index contributed by atoms with van der Waals surface area (Å²) in [6, 6.07) is 3.51. The molecule has 24 heavy (non-hydrogen) atoms. The molecule has 2 rings (SSSR count). The molecule has 0 saturated heterocycles. The van der Waals surface area contributed by atoms with E-state index in [1.165, 1.54) is 6.07 Å². The minimum absolute atomic E-state index is 0. The van der Waals surface area contributed by atoms with Crippen molar-refractivity contribution < 1.29 is 13.3 Å². The molecule has 0 heterocycles. The van der Waals surface area contributed by atoms with E-state index in [0.29, 0.717) is 6.42 Å². The van der Waals surface area contributed by atoms with Crippen LogP contribution in [0.25, 0.3) is 0 Å². The maximum absolute atomic E-state index is 12.7. The fraction of sp³-hybridized carbons (Fsp3) is 0.571. The predicted molar refractivity (Wildman–Crippen MR) is 95.1 cm³/mol. The van der Waals surface area contributed by atoms with E-state index in [9.17, 15) is 18.5 Å². The second kappa shape index (κ2) is 7.97. The first-order chi connectivity index (χ1) is 10.7. The van der Waals surface area contributed by atoms with Crippen molar-refractivity contribution in [3.8, 4) is 0 Å². The van der Waals surface area contributed by atoms with Crippen molar-refractivity contribution in [2.75, 3.05) is 6.54 Å². The van der Waals surface area contributed by atoms with Gasteiger partial charge in [0.2, 0.25) is 10.0 Å². The highest BCUT2D eigenvalue weighted by molar-refractivity contribution is 7.89. The fourth-order valence-corrected chi connectivity index (χ4v) is 4.95. The van der Waals surface area contributed by atoms with E-state index in [1.807, 2.05) is 6.92 Å². The van der Waals surface area contributed by atoms with E-state index >= 15 is 0 Å². The van der Waals surface area contributed by atoms with Gasteiger partial charge in [0.15, 0.2) is 4.90 Å². The molecular formula is C14H21Cl2N3O4S. The third-order valence-electron chi connectivity index (χ3n) is 4.56. The zero-order chi connectivity index (χ0) is 17.3. The van der Waals surface area contributed by atoms with E-state index in [0.717, 1.165) is 31.4 Å². The van der Waals surface area contributed by atoms with Crippen molar-refractivity contribution in [3.63, 3.8) is 0 Å². The van der Waals surface area contributed by atoms with Crippen molar-refractivity contribution in [2.24, 2.45) is 11.7 Å². The summed E-state index contributed by atoms with van der Waals surface area (Å²) in [7, 11) is -4.09. The van der Waals surface area contributed by atoms with Crippen molar-refractivity contribution >= 4 is 39.7 Å². The van der Waals surface area contributed by atoms with Gasteiger partial charge in [-0.3, -0.25) is 10.1 Å². The van der Waals surface area contributed by atoms with Gasteiger partial charge >= 0.3 is 0 Å². The number of hydrogen-bond donors (Lipinski definition) is 2. The number of halogens is 2. The largest absolute Gasteiger partial charge is 0.329 e. The summed E-state index contributed by atoms with van der Waals surface area (Å²) in [5.74, 6) is 0.0578. The van der Waals surface area contributed by atoms with Gasteiger partial charge in [0.05, 0.1) is 4.92 Å². The molecular weight excluding hydrogens is 377 g/mol. The van der Waals surface area contributed by atoms with E-state index in [4.69, 9.17) is 17.3 Å². The van der Waals surface area contributed by atoms with Crippen LogP contribution in [0, 0.1) is 16.0 Å². The third kappa shape index (κ3) is 4.18. The Morgan fingerprint density at radius 3 is 2.67 bits per heavy atom. The maximum atomic E-state index is 12.7. The zero-order valence-electron chi connectivity index (χ0n) is 13.2. The van der Waals surface area contributed by atoms with Crippen LogP contribution < -0.4 is 10.5 Å². The highest BCUT2D eigenvalue weighted by Crippen LogP contribution is 2.35. The van der Waals surface area contributed by atoms with Gasteiger partial charge < -0.3 is 5.73 Å². The Morgan fingerprint density at radius 2 is 2.12 bits per heavy atom. The topological polar surface area (TPSA) is 115 Å². The molecule has 1 fully saturated rings. The van der Waals surface area contributed by atoms with Crippen molar-refractivity contribution in [3.05, 3.63) is 33.3 Å². The molecule has 10 heteroatoms.